The number of hydrogen-bond donors (Lipinski definition) is 2. The van der Waals surface area contributed by atoms with Crippen LogP contribution in [0.2, 0.25) is 0 Å². The minimum Gasteiger partial charge on any atom is -0.481 e. The lowest BCUT2D eigenvalue weighted by Crippen LogP contribution is -2.52. The van der Waals surface area contributed by atoms with Crippen LogP contribution in [-0.2, 0) is 4.79 Å². The Hall–Kier alpha value is -1.26. The fourth-order valence-corrected chi connectivity index (χ4v) is 2.34. The highest BCUT2D eigenvalue weighted by atomic mass is 16.4. The largest absolute Gasteiger partial charge is 0.481 e. The van der Waals surface area contributed by atoms with E-state index >= 15 is 0 Å². The summed E-state index contributed by atoms with van der Waals surface area (Å²) >= 11 is 0. The van der Waals surface area contributed by atoms with Crippen molar-refractivity contribution in [3.63, 3.8) is 0 Å². The molecule has 2 N–H and O–H groups in total. The lowest BCUT2D eigenvalue weighted by molar-refractivity contribution is -0.153. The first kappa shape index (κ1) is 15.8. The number of aliphatic carboxylic acids is 1. The zero-order chi connectivity index (χ0) is 14.6. The molecular weight excluding hydrogens is 244 g/mol. The van der Waals surface area contributed by atoms with Gasteiger partial charge in [0, 0.05) is 19.1 Å². The van der Waals surface area contributed by atoms with E-state index in [1.54, 1.807) is 4.90 Å². The maximum absolute atomic E-state index is 12.2. The minimum atomic E-state index is -0.793. The number of nitrogens with one attached hydrogen (secondary N) is 1. The fraction of sp³-hybridized carbons (Fsp3) is 0.857. The van der Waals surface area contributed by atoms with Crippen molar-refractivity contribution in [2.75, 3.05) is 13.1 Å². The van der Waals surface area contributed by atoms with E-state index in [-0.39, 0.29) is 18.6 Å². The summed E-state index contributed by atoms with van der Waals surface area (Å²) in [5.74, 6) is -0.399. The SMILES string of the molecule is CC(C)CN(C(=O)NCC1(C(=O)O)CCC1)C(C)C. The summed E-state index contributed by atoms with van der Waals surface area (Å²) in [6.45, 7) is 8.99. The third-order valence-electron chi connectivity index (χ3n) is 3.79. The van der Waals surface area contributed by atoms with Gasteiger partial charge in [-0.05, 0) is 32.6 Å². The van der Waals surface area contributed by atoms with Crippen LogP contribution in [0.3, 0.4) is 0 Å². The summed E-state index contributed by atoms with van der Waals surface area (Å²) in [4.78, 5) is 25.1. The van der Waals surface area contributed by atoms with Crippen LogP contribution in [-0.4, -0.2) is 41.1 Å². The zero-order valence-electron chi connectivity index (χ0n) is 12.4. The summed E-state index contributed by atoms with van der Waals surface area (Å²) in [6.07, 6.45) is 2.25. The Morgan fingerprint density at radius 3 is 2.16 bits per heavy atom. The van der Waals surface area contributed by atoms with Gasteiger partial charge in [0.2, 0.25) is 0 Å². The molecule has 0 saturated heterocycles. The van der Waals surface area contributed by atoms with Crippen LogP contribution in [0, 0.1) is 11.3 Å². The van der Waals surface area contributed by atoms with Gasteiger partial charge >= 0.3 is 12.0 Å². The molecule has 0 atom stereocenters. The Kier molecular flexibility index (Phi) is 5.20. The zero-order valence-corrected chi connectivity index (χ0v) is 12.4. The van der Waals surface area contributed by atoms with Gasteiger partial charge < -0.3 is 15.3 Å². The smallest absolute Gasteiger partial charge is 0.317 e. The highest BCUT2D eigenvalue weighted by Gasteiger charge is 2.44. The molecule has 1 saturated carbocycles. The van der Waals surface area contributed by atoms with E-state index in [1.165, 1.54) is 0 Å². The Morgan fingerprint density at radius 2 is 1.84 bits per heavy atom. The molecule has 1 rings (SSSR count). The van der Waals surface area contributed by atoms with Gasteiger partial charge in [-0.25, -0.2) is 4.79 Å². The summed E-state index contributed by atoms with van der Waals surface area (Å²) in [6, 6.07) is -0.0409. The first-order chi connectivity index (χ1) is 8.78. The maximum atomic E-state index is 12.2. The van der Waals surface area contributed by atoms with Crippen LogP contribution in [0.25, 0.3) is 0 Å². The number of carbonyl (C=O) groups is 2. The second-order valence-corrected chi connectivity index (χ2v) is 6.24. The molecule has 1 fully saturated rings. The summed E-state index contributed by atoms with van der Waals surface area (Å²) in [5, 5.41) is 12.0. The van der Waals surface area contributed by atoms with E-state index < -0.39 is 11.4 Å². The van der Waals surface area contributed by atoms with Crippen molar-refractivity contribution >= 4 is 12.0 Å². The number of nitrogens with zero attached hydrogens (tertiary/aromatic N) is 1. The van der Waals surface area contributed by atoms with Crippen molar-refractivity contribution in [1.29, 1.82) is 0 Å². The predicted molar refractivity (Wildman–Crippen MR) is 74.0 cm³/mol. The van der Waals surface area contributed by atoms with Crippen molar-refractivity contribution in [2.45, 2.75) is 53.0 Å². The molecule has 1 aliphatic carbocycles. The monoisotopic (exact) mass is 270 g/mol. The van der Waals surface area contributed by atoms with Gasteiger partial charge in [-0.15, -0.1) is 0 Å². The van der Waals surface area contributed by atoms with E-state index in [2.05, 4.69) is 19.2 Å². The van der Waals surface area contributed by atoms with Crippen LogP contribution in [0.4, 0.5) is 4.79 Å². The molecule has 0 heterocycles. The van der Waals surface area contributed by atoms with E-state index in [1.807, 2.05) is 13.8 Å². The number of carboxylic acids is 1. The second kappa shape index (κ2) is 6.26. The summed E-state index contributed by atoms with van der Waals surface area (Å²) < 4.78 is 0. The molecule has 19 heavy (non-hydrogen) atoms. The number of carboxylic acid groups (broad SMARTS) is 1. The number of carbonyl (C=O) groups excluding carboxylic acids is 1. The quantitative estimate of drug-likeness (QED) is 0.778. The standard InChI is InChI=1S/C14H26N2O3/c1-10(2)8-16(11(3)4)13(19)15-9-14(12(17)18)6-5-7-14/h10-11H,5-9H2,1-4H3,(H,15,19)(H,17,18). The molecule has 5 heteroatoms. The molecule has 0 bridgehead atoms. The lowest BCUT2D eigenvalue weighted by atomic mass is 9.69. The fourth-order valence-electron chi connectivity index (χ4n) is 2.34. The first-order valence-corrected chi connectivity index (χ1v) is 7.06. The number of rotatable bonds is 6. The molecule has 1 aliphatic rings. The molecule has 0 aromatic heterocycles. The van der Waals surface area contributed by atoms with E-state index in [9.17, 15) is 14.7 Å². The molecule has 0 spiro atoms. The molecule has 0 radical (unpaired) electrons. The van der Waals surface area contributed by atoms with E-state index in [4.69, 9.17) is 0 Å². The van der Waals surface area contributed by atoms with Gasteiger partial charge in [0.25, 0.3) is 0 Å². The number of hydrogen-bond acceptors (Lipinski definition) is 2. The third-order valence-corrected chi connectivity index (χ3v) is 3.79. The van der Waals surface area contributed by atoms with Gasteiger partial charge in [0.05, 0.1) is 5.41 Å². The second-order valence-electron chi connectivity index (χ2n) is 6.24. The van der Waals surface area contributed by atoms with Crippen LogP contribution in [0.1, 0.15) is 47.0 Å². The third kappa shape index (κ3) is 3.85. The molecule has 110 valence electrons. The number of amides is 2. The summed E-state index contributed by atoms with van der Waals surface area (Å²) in [7, 11) is 0. The van der Waals surface area contributed by atoms with Crippen molar-refractivity contribution in [3.05, 3.63) is 0 Å². The van der Waals surface area contributed by atoms with Gasteiger partial charge in [-0.2, -0.15) is 0 Å². The van der Waals surface area contributed by atoms with E-state index in [0.717, 1.165) is 6.42 Å². The molecule has 2 amide bonds. The highest BCUT2D eigenvalue weighted by Crippen LogP contribution is 2.40. The van der Waals surface area contributed by atoms with Crippen LogP contribution in [0.15, 0.2) is 0 Å². The first-order valence-electron chi connectivity index (χ1n) is 7.06. The number of urea groups is 1. The molecule has 0 aliphatic heterocycles. The topological polar surface area (TPSA) is 69.6 Å². The molecule has 0 aromatic carbocycles. The lowest BCUT2D eigenvalue weighted by Gasteiger charge is -2.38. The van der Waals surface area contributed by atoms with Crippen molar-refractivity contribution in [3.8, 4) is 0 Å². The van der Waals surface area contributed by atoms with Crippen molar-refractivity contribution in [1.82, 2.24) is 10.2 Å². The Labute approximate surface area is 115 Å². The minimum absolute atomic E-state index is 0.115. The Morgan fingerprint density at radius 1 is 1.26 bits per heavy atom. The van der Waals surface area contributed by atoms with Gasteiger partial charge in [0.15, 0.2) is 0 Å². The average Bonchev–Trinajstić information content (AvgIpc) is 2.22. The normalized spacial score (nSPS) is 17.2. The van der Waals surface area contributed by atoms with Gasteiger partial charge in [0.1, 0.15) is 0 Å². The Bertz CT molecular complexity index is 336. The van der Waals surface area contributed by atoms with Crippen LogP contribution in [0.5, 0.6) is 0 Å². The van der Waals surface area contributed by atoms with Gasteiger partial charge in [-0.1, -0.05) is 20.3 Å². The molecule has 0 aromatic rings. The van der Waals surface area contributed by atoms with Crippen molar-refractivity contribution in [2.24, 2.45) is 11.3 Å². The molecular formula is C14H26N2O3. The maximum Gasteiger partial charge on any atom is 0.317 e. The van der Waals surface area contributed by atoms with Crippen LogP contribution < -0.4 is 5.32 Å². The summed E-state index contributed by atoms with van der Waals surface area (Å²) in [5.41, 5.74) is -0.726. The Balaban J connectivity index is 2.55. The molecule has 0 unspecified atom stereocenters. The van der Waals surface area contributed by atoms with E-state index in [0.29, 0.717) is 25.3 Å². The average molecular weight is 270 g/mol. The van der Waals surface area contributed by atoms with Crippen LogP contribution >= 0.6 is 0 Å². The highest BCUT2D eigenvalue weighted by molar-refractivity contribution is 5.79. The molecule has 5 nitrogen and oxygen atoms in total. The predicted octanol–water partition coefficient (Wildman–Crippen LogP) is 2.32. The van der Waals surface area contributed by atoms with Crippen molar-refractivity contribution < 1.29 is 14.7 Å². The van der Waals surface area contributed by atoms with Gasteiger partial charge in [-0.3, -0.25) is 4.79 Å².